The van der Waals surface area contributed by atoms with Gasteiger partial charge in [-0.25, -0.2) is 0 Å². The van der Waals surface area contributed by atoms with Crippen LogP contribution in [0.15, 0.2) is 18.2 Å². The van der Waals surface area contributed by atoms with Gasteiger partial charge in [0.1, 0.15) is 0 Å². The lowest BCUT2D eigenvalue weighted by atomic mass is 9.87. The van der Waals surface area contributed by atoms with E-state index in [9.17, 15) is 5.11 Å². The topological polar surface area (TPSA) is 41.5 Å². The molecule has 0 bridgehead atoms. The molecule has 1 aromatic rings. The van der Waals surface area contributed by atoms with Crippen LogP contribution in [0.25, 0.3) is 0 Å². The predicted octanol–water partition coefficient (Wildman–Crippen LogP) is 1.40. The Balaban J connectivity index is 1.87. The van der Waals surface area contributed by atoms with Gasteiger partial charge in [0.25, 0.3) is 0 Å². The Morgan fingerprint density at radius 1 is 1.35 bits per heavy atom. The maximum absolute atomic E-state index is 9.31. The first-order valence-corrected chi connectivity index (χ1v) is 6.11. The second kappa shape index (κ2) is 5.17. The van der Waals surface area contributed by atoms with E-state index >= 15 is 0 Å². The van der Waals surface area contributed by atoms with Crippen LogP contribution < -0.4 is 5.32 Å². The van der Waals surface area contributed by atoms with Crippen LogP contribution in [0.2, 0.25) is 0 Å². The minimum atomic E-state index is -0.0439. The van der Waals surface area contributed by atoms with Crippen molar-refractivity contribution in [3.8, 4) is 0 Å². The third kappa shape index (κ3) is 2.86. The summed E-state index contributed by atoms with van der Waals surface area (Å²) in [6, 6.07) is 6.50. The number of hydrogen-bond acceptors (Lipinski definition) is 3. The third-order valence-electron chi connectivity index (χ3n) is 3.47. The molecule has 0 atom stereocenters. The first-order valence-electron chi connectivity index (χ1n) is 6.11. The second-order valence-electron chi connectivity index (χ2n) is 5.18. The average Bonchev–Trinajstić information content (AvgIpc) is 2.27. The summed E-state index contributed by atoms with van der Waals surface area (Å²) in [6.45, 7) is 7.45. The highest BCUT2D eigenvalue weighted by Crippen LogP contribution is 2.25. The van der Waals surface area contributed by atoms with Crippen molar-refractivity contribution in [1.82, 2.24) is 5.32 Å². The van der Waals surface area contributed by atoms with Crippen molar-refractivity contribution in [2.45, 2.75) is 20.4 Å². The zero-order valence-corrected chi connectivity index (χ0v) is 10.6. The van der Waals surface area contributed by atoms with E-state index in [1.54, 1.807) is 0 Å². The fraction of sp³-hybridized carbons (Fsp3) is 0.571. The molecule has 0 spiro atoms. The third-order valence-corrected chi connectivity index (χ3v) is 3.47. The lowest BCUT2D eigenvalue weighted by Gasteiger charge is -2.40. The SMILES string of the molecule is Cc1ccc(C)c(CNCC2(CO)COC2)c1. The molecule has 3 heteroatoms. The number of nitrogens with one attached hydrogen (secondary N) is 1. The van der Waals surface area contributed by atoms with Crippen LogP contribution in [0.3, 0.4) is 0 Å². The Bertz CT molecular complexity index is 380. The van der Waals surface area contributed by atoms with Gasteiger partial charge < -0.3 is 15.2 Å². The Kier molecular flexibility index (Phi) is 3.82. The lowest BCUT2D eigenvalue weighted by Crippen LogP contribution is -2.52. The summed E-state index contributed by atoms with van der Waals surface area (Å²) >= 11 is 0. The van der Waals surface area contributed by atoms with Crippen molar-refractivity contribution >= 4 is 0 Å². The predicted molar refractivity (Wildman–Crippen MR) is 68.0 cm³/mol. The number of aryl methyl sites for hydroxylation is 2. The molecule has 94 valence electrons. The molecule has 0 aromatic heterocycles. The summed E-state index contributed by atoms with van der Waals surface area (Å²) in [5.41, 5.74) is 3.89. The zero-order chi connectivity index (χ0) is 12.3. The maximum Gasteiger partial charge on any atom is 0.0579 e. The highest BCUT2D eigenvalue weighted by Gasteiger charge is 2.37. The molecular weight excluding hydrogens is 214 g/mol. The van der Waals surface area contributed by atoms with Crippen molar-refractivity contribution in [3.63, 3.8) is 0 Å². The van der Waals surface area contributed by atoms with E-state index in [0.29, 0.717) is 13.2 Å². The van der Waals surface area contributed by atoms with Crippen LogP contribution in [0, 0.1) is 19.3 Å². The molecule has 1 aliphatic heterocycles. The fourth-order valence-corrected chi connectivity index (χ4v) is 2.09. The van der Waals surface area contributed by atoms with Crippen molar-refractivity contribution in [2.75, 3.05) is 26.4 Å². The molecular formula is C14H21NO2. The number of benzene rings is 1. The summed E-state index contributed by atoms with van der Waals surface area (Å²) in [5.74, 6) is 0. The fourth-order valence-electron chi connectivity index (χ4n) is 2.09. The monoisotopic (exact) mass is 235 g/mol. The maximum atomic E-state index is 9.31. The lowest BCUT2D eigenvalue weighted by molar-refractivity contribution is -0.134. The van der Waals surface area contributed by atoms with Crippen LogP contribution in [-0.2, 0) is 11.3 Å². The minimum absolute atomic E-state index is 0.0439. The van der Waals surface area contributed by atoms with E-state index in [1.165, 1.54) is 16.7 Å². The van der Waals surface area contributed by atoms with Crippen LogP contribution in [-0.4, -0.2) is 31.5 Å². The number of hydrogen-bond donors (Lipinski definition) is 2. The Labute approximate surface area is 103 Å². The molecule has 0 amide bonds. The van der Waals surface area contributed by atoms with Crippen molar-refractivity contribution in [1.29, 1.82) is 0 Å². The molecule has 1 aromatic carbocycles. The van der Waals surface area contributed by atoms with Crippen molar-refractivity contribution in [2.24, 2.45) is 5.41 Å². The Hall–Kier alpha value is -0.900. The molecule has 0 aliphatic carbocycles. The van der Waals surface area contributed by atoms with E-state index in [-0.39, 0.29) is 12.0 Å². The summed E-state index contributed by atoms with van der Waals surface area (Å²) in [5, 5.41) is 12.7. The highest BCUT2D eigenvalue weighted by molar-refractivity contribution is 5.30. The smallest absolute Gasteiger partial charge is 0.0579 e. The van der Waals surface area contributed by atoms with Crippen LogP contribution in [0.4, 0.5) is 0 Å². The Morgan fingerprint density at radius 3 is 2.71 bits per heavy atom. The van der Waals surface area contributed by atoms with Gasteiger partial charge in [-0.1, -0.05) is 23.8 Å². The van der Waals surface area contributed by atoms with Crippen LogP contribution in [0.5, 0.6) is 0 Å². The largest absolute Gasteiger partial charge is 0.396 e. The summed E-state index contributed by atoms with van der Waals surface area (Å²) < 4.78 is 5.17. The molecule has 1 heterocycles. The first-order chi connectivity index (χ1) is 8.15. The molecule has 2 N–H and O–H groups in total. The van der Waals surface area contributed by atoms with E-state index < -0.39 is 0 Å². The second-order valence-corrected chi connectivity index (χ2v) is 5.18. The summed E-state index contributed by atoms with van der Waals surface area (Å²) in [4.78, 5) is 0. The molecule has 1 aliphatic rings. The van der Waals surface area contributed by atoms with Gasteiger partial charge in [-0.2, -0.15) is 0 Å². The summed E-state index contributed by atoms with van der Waals surface area (Å²) in [6.07, 6.45) is 0. The molecule has 0 saturated carbocycles. The van der Waals surface area contributed by atoms with Gasteiger partial charge in [0, 0.05) is 13.1 Å². The zero-order valence-electron chi connectivity index (χ0n) is 10.6. The molecule has 3 nitrogen and oxygen atoms in total. The van der Waals surface area contributed by atoms with Gasteiger partial charge in [0.05, 0.1) is 25.2 Å². The molecule has 0 unspecified atom stereocenters. The standard InChI is InChI=1S/C14H21NO2/c1-11-3-4-12(2)13(5-11)6-15-7-14(8-16)9-17-10-14/h3-5,15-16H,6-10H2,1-2H3. The minimum Gasteiger partial charge on any atom is -0.396 e. The van der Waals surface area contributed by atoms with Crippen LogP contribution >= 0.6 is 0 Å². The summed E-state index contributed by atoms with van der Waals surface area (Å²) in [7, 11) is 0. The van der Waals surface area contributed by atoms with Gasteiger partial charge in [-0.3, -0.25) is 0 Å². The normalized spacial score (nSPS) is 17.8. The van der Waals surface area contributed by atoms with Crippen LogP contribution in [0.1, 0.15) is 16.7 Å². The number of aliphatic hydroxyl groups excluding tert-OH is 1. The Morgan fingerprint density at radius 2 is 2.12 bits per heavy atom. The molecule has 17 heavy (non-hydrogen) atoms. The number of rotatable bonds is 5. The molecule has 1 saturated heterocycles. The van der Waals surface area contributed by atoms with Gasteiger partial charge >= 0.3 is 0 Å². The van der Waals surface area contributed by atoms with Crippen molar-refractivity contribution in [3.05, 3.63) is 34.9 Å². The van der Waals surface area contributed by atoms with E-state index in [1.807, 2.05) is 0 Å². The molecule has 1 fully saturated rings. The van der Waals surface area contributed by atoms with Gasteiger partial charge in [-0.05, 0) is 25.0 Å². The number of aliphatic hydroxyl groups is 1. The first kappa shape index (κ1) is 12.6. The van der Waals surface area contributed by atoms with Crippen molar-refractivity contribution < 1.29 is 9.84 Å². The molecule has 0 radical (unpaired) electrons. The number of ether oxygens (including phenoxy) is 1. The quantitative estimate of drug-likeness (QED) is 0.810. The van der Waals surface area contributed by atoms with Gasteiger partial charge in [0.2, 0.25) is 0 Å². The van der Waals surface area contributed by atoms with Gasteiger partial charge in [-0.15, -0.1) is 0 Å². The van der Waals surface area contributed by atoms with E-state index in [4.69, 9.17) is 4.74 Å². The van der Waals surface area contributed by atoms with E-state index in [2.05, 4.69) is 37.4 Å². The van der Waals surface area contributed by atoms with E-state index in [0.717, 1.165) is 13.1 Å². The molecule has 2 rings (SSSR count). The highest BCUT2D eigenvalue weighted by atomic mass is 16.5. The average molecular weight is 235 g/mol. The van der Waals surface area contributed by atoms with Gasteiger partial charge in [0.15, 0.2) is 0 Å².